The van der Waals surface area contributed by atoms with Gasteiger partial charge in [-0.1, -0.05) is 15.9 Å². The molecule has 1 rings (SSSR count). The standard InChI is InChI=1S/C12H16BrNO2S/c1-8-10(6-9(13)7-11(8)14)12(15)16-4-3-5-17-2/h6-7H,3-5,14H2,1-2H3. The van der Waals surface area contributed by atoms with Gasteiger partial charge in [-0.05, 0) is 43.0 Å². The zero-order valence-corrected chi connectivity index (χ0v) is 12.4. The zero-order valence-electron chi connectivity index (χ0n) is 9.96. The van der Waals surface area contributed by atoms with Gasteiger partial charge >= 0.3 is 5.97 Å². The maximum absolute atomic E-state index is 11.8. The van der Waals surface area contributed by atoms with Crippen molar-refractivity contribution in [3.05, 3.63) is 27.7 Å². The van der Waals surface area contributed by atoms with Crippen LogP contribution in [0.1, 0.15) is 22.3 Å². The molecular formula is C12H16BrNO2S. The summed E-state index contributed by atoms with van der Waals surface area (Å²) in [5.41, 5.74) is 7.68. The van der Waals surface area contributed by atoms with Crippen LogP contribution in [0.4, 0.5) is 5.69 Å². The molecule has 0 aromatic heterocycles. The number of ether oxygens (including phenoxy) is 1. The number of anilines is 1. The summed E-state index contributed by atoms with van der Waals surface area (Å²) >= 11 is 5.06. The Bertz CT molecular complexity index is 410. The first-order chi connectivity index (χ1) is 8.06. The number of nitrogen functional groups attached to an aromatic ring is 1. The number of carbonyl (C=O) groups excluding carboxylic acids is 1. The minimum absolute atomic E-state index is 0.309. The van der Waals surface area contributed by atoms with E-state index in [1.165, 1.54) is 0 Å². The van der Waals surface area contributed by atoms with Gasteiger partial charge < -0.3 is 10.5 Å². The lowest BCUT2D eigenvalue weighted by Gasteiger charge is -2.09. The quantitative estimate of drug-likeness (QED) is 0.514. The van der Waals surface area contributed by atoms with Crippen molar-refractivity contribution in [2.75, 3.05) is 24.3 Å². The highest BCUT2D eigenvalue weighted by Gasteiger charge is 2.13. The average Bonchev–Trinajstić information content (AvgIpc) is 2.29. The van der Waals surface area contributed by atoms with Crippen molar-refractivity contribution in [1.82, 2.24) is 0 Å². The molecular weight excluding hydrogens is 302 g/mol. The summed E-state index contributed by atoms with van der Waals surface area (Å²) in [5.74, 6) is 0.684. The molecule has 0 aliphatic carbocycles. The molecule has 0 aliphatic rings. The zero-order chi connectivity index (χ0) is 12.8. The molecule has 2 N–H and O–H groups in total. The van der Waals surface area contributed by atoms with Crippen molar-refractivity contribution in [3.63, 3.8) is 0 Å². The van der Waals surface area contributed by atoms with Gasteiger partial charge in [0.2, 0.25) is 0 Å². The third kappa shape index (κ3) is 4.24. The maximum atomic E-state index is 11.8. The van der Waals surface area contributed by atoms with Gasteiger partial charge in [0.15, 0.2) is 0 Å². The van der Waals surface area contributed by atoms with Crippen LogP contribution in [0, 0.1) is 6.92 Å². The Labute approximate surface area is 114 Å². The molecule has 0 aliphatic heterocycles. The van der Waals surface area contributed by atoms with Crippen molar-refractivity contribution in [2.45, 2.75) is 13.3 Å². The van der Waals surface area contributed by atoms with Crippen molar-refractivity contribution < 1.29 is 9.53 Å². The summed E-state index contributed by atoms with van der Waals surface area (Å²) in [4.78, 5) is 11.8. The van der Waals surface area contributed by atoms with E-state index in [-0.39, 0.29) is 5.97 Å². The predicted octanol–water partition coefficient (Wildman–Crippen LogP) is 3.25. The third-order valence-corrected chi connectivity index (χ3v) is 3.51. The first kappa shape index (κ1) is 14.4. The molecule has 0 heterocycles. The van der Waals surface area contributed by atoms with Gasteiger partial charge in [-0.15, -0.1) is 0 Å². The smallest absolute Gasteiger partial charge is 0.338 e. The normalized spacial score (nSPS) is 10.3. The van der Waals surface area contributed by atoms with Crippen LogP contribution in [0.3, 0.4) is 0 Å². The van der Waals surface area contributed by atoms with Crippen molar-refractivity contribution in [1.29, 1.82) is 0 Å². The molecule has 0 amide bonds. The highest BCUT2D eigenvalue weighted by atomic mass is 79.9. The Hall–Kier alpha value is -0.680. The summed E-state index contributed by atoms with van der Waals surface area (Å²) in [5, 5.41) is 0. The molecule has 94 valence electrons. The highest BCUT2D eigenvalue weighted by molar-refractivity contribution is 9.10. The highest BCUT2D eigenvalue weighted by Crippen LogP contribution is 2.23. The minimum Gasteiger partial charge on any atom is -0.462 e. The second kappa shape index (κ2) is 6.91. The number of nitrogens with two attached hydrogens (primary N) is 1. The van der Waals surface area contributed by atoms with E-state index in [0.29, 0.717) is 17.9 Å². The molecule has 0 unspecified atom stereocenters. The van der Waals surface area contributed by atoms with Crippen LogP contribution in [0.25, 0.3) is 0 Å². The van der Waals surface area contributed by atoms with Crippen LogP contribution in [0.2, 0.25) is 0 Å². The van der Waals surface area contributed by atoms with Crippen LogP contribution in [0.15, 0.2) is 16.6 Å². The Kier molecular flexibility index (Phi) is 5.85. The molecule has 0 spiro atoms. The van der Waals surface area contributed by atoms with Gasteiger partial charge in [0.1, 0.15) is 0 Å². The third-order valence-electron chi connectivity index (χ3n) is 2.36. The van der Waals surface area contributed by atoms with Crippen molar-refractivity contribution in [2.24, 2.45) is 0 Å². The molecule has 0 fully saturated rings. The summed E-state index contributed by atoms with van der Waals surface area (Å²) in [6.45, 7) is 2.27. The lowest BCUT2D eigenvalue weighted by Crippen LogP contribution is -2.10. The Morgan fingerprint density at radius 3 is 2.88 bits per heavy atom. The molecule has 0 saturated carbocycles. The number of esters is 1. The summed E-state index contributed by atoms with van der Waals surface area (Å²) in [7, 11) is 0. The van der Waals surface area contributed by atoms with E-state index in [2.05, 4.69) is 15.9 Å². The Balaban J connectivity index is 2.69. The molecule has 0 atom stereocenters. The van der Waals surface area contributed by atoms with E-state index in [9.17, 15) is 4.79 Å². The van der Waals surface area contributed by atoms with E-state index in [1.807, 2.05) is 13.2 Å². The molecule has 0 radical (unpaired) electrons. The largest absolute Gasteiger partial charge is 0.462 e. The second-order valence-electron chi connectivity index (χ2n) is 3.65. The van der Waals surface area contributed by atoms with Crippen LogP contribution >= 0.6 is 27.7 Å². The first-order valence-electron chi connectivity index (χ1n) is 5.28. The second-order valence-corrected chi connectivity index (χ2v) is 5.55. The van der Waals surface area contributed by atoms with Crippen molar-refractivity contribution in [3.8, 4) is 0 Å². The lowest BCUT2D eigenvalue weighted by molar-refractivity contribution is 0.0505. The van der Waals surface area contributed by atoms with Gasteiger partial charge in [0.05, 0.1) is 12.2 Å². The molecule has 3 nitrogen and oxygen atoms in total. The topological polar surface area (TPSA) is 52.3 Å². The number of thioether (sulfide) groups is 1. The predicted molar refractivity (Wildman–Crippen MR) is 76.6 cm³/mol. The average molecular weight is 318 g/mol. The van der Waals surface area contributed by atoms with Gasteiger partial charge in [0, 0.05) is 10.2 Å². The van der Waals surface area contributed by atoms with Crippen molar-refractivity contribution >= 4 is 39.3 Å². The number of rotatable bonds is 5. The first-order valence-corrected chi connectivity index (χ1v) is 7.46. The van der Waals surface area contributed by atoms with E-state index >= 15 is 0 Å². The Morgan fingerprint density at radius 1 is 1.53 bits per heavy atom. The van der Waals surface area contributed by atoms with Gasteiger partial charge in [0.25, 0.3) is 0 Å². The molecule has 0 saturated heterocycles. The van der Waals surface area contributed by atoms with E-state index in [0.717, 1.165) is 22.2 Å². The molecule has 0 bridgehead atoms. The number of carbonyl (C=O) groups is 1. The fourth-order valence-corrected chi connectivity index (χ4v) is 2.24. The van der Waals surface area contributed by atoms with Crippen LogP contribution in [-0.2, 0) is 4.74 Å². The number of benzene rings is 1. The van der Waals surface area contributed by atoms with Crippen LogP contribution in [-0.4, -0.2) is 24.6 Å². The monoisotopic (exact) mass is 317 g/mol. The maximum Gasteiger partial charge on any atom is 0.338 e. The molecule has 5 heteroatoms. The fraction of sp³-hybridized carbons (Fsp3) is 0.417. The van der Waals surface area contributed by atoms with E-state index < -0.39 is 0 Å². The lowest BCUT2D eigenvalue weighted by atomic mass is 10.1. The summed E-state index contributed by atoms with van der Waals surface area (Å²) in [6, 6.07) is 3.52. The van der Waals surface area contributed by atoms with E-state index in [4.69, 9.17) is 10.5 Å². The minimum atomic E-state index is -0.309. The molecule has 1 aromatic rings. The number of hydrogen-bond donors (Lipinski definition) is 1. The summed E-state index contributed by atoms with van der Waals surface area (Å²) in [6.07, 6.45) is 2.90. The van der Waals surface area contributed by atoms with Gasteiger partial charge in [-0.3, -0.25) is 0 Å². The number of halogens is 1. The Morgan fingerprint density at radius 2 is 2.24 bits per heavy atom. The SMILES string of the molecule is CSCCCOC(=O)c1cc(Br)cc(N)c1C. The molecule has 1 aromatic carbocycles. The fourth-order valence-electron chi connectivity index (χ4n) is 1.36. The van der Waals surface area contributed by atoms with E-state index in [1.54, 1.807) is 23.9 Å². The summed E-state index contributed by atoms with van der Waals surface area (Å²) < 4.78 is 5.98. The van der Waals surface area contributed by atoms with Crippen LogP contribution in [0.5, 0.6) is 0 Å². The number of hydrogen-bond acceptors (Lipinski definition) is 4. The van der Waals surface area contributed by atoms with Gasteiger partial charge in [-0.2, -0.15) is 11.8 Å². The van der Waals surface area contributed by atoms with Gasteiger partial charge in [-0.25, -0.2) is 4.79 Å². The van der Waals surface area contributed by atoms with Crippen LogP contribution < -0.4 is 5.73 Å². The molecule has 17 heavy (non-hydrogen) atoms.